The van der Waals surface area contributed by atoms with Crippen LogP contribution in [0.15, 0.2) is 70.4 Å². The highest BCUT2D eigenvalue weighted by molar-refractivity contribution is 6.30. The van der Waals surface area contributed by atoms with Crippen molar-refractivity contribution in [1.82, 2.24) is 19.1 Å². The average Bonchev–Trinajstić information content (AvgIpc) is 3.68. The molecule has 39 heavy (non-hydrogen) atoms. The number of carboxylic acid groups (broad SMARTS) is 1. The van der Waals surface area contributed by atoms with Gasteiger partial charge in [-0.15, -0.1) is 0 Å². The number of carboxylic acids is 1. The van der Waals surface area contributed by atoms with E-state index in [2.05, 4.69) is 15.3 Å². The van der Waals surface area contributed by atoms with Gasteiger partial charge in [0.15, 0.2) is 11.6 Å². The lowest BCUT2D eigenvalue weighted by Gasteiger charge is -2.16. The smallest absolute Gasteiger partial charge is 0.354 e. The Balaban J connectivity index is 1.45. The van der Waals surface area contributed by atoms with Gasteiger partial charge in [0.1, 0.15) is 5.82 Å². The Hall–Kier alpha value is -4.58. The first-order valence-corrected chi connectivity index (χ1v) is 12.1. The summed E-state index contributed by atoms with van der Waals surface area (Å²) < 4.78 is 35.3. The van der Waals surface area contributed by atoms with Crippen LogP contribution in [0.3, 0.4) is 0 Å². The monoisotopic (exact) mass is 555 g/mol. The van der Waals surface area contributed by atoms with E-state index in [1.165, 1.54) is 22.8 Å². The number of aromatic nitrogens is 4. The topological polar surface area (TPSA) is 128 Å². The highest BCUT2D eigenvalue weighted by Gasteiger charge is 2.43. The summed E-state index contributed by atoms with van der Waals surface area (Å²) in [4.78, 5) is 45.2. The van der Waals surface area contributed by atoms with Crippen molar-refractivity contribution in [3.05, 3.63) is 104 Å². The molecule has 1 aliphatic rings. The summed E-state index contributed by atoms with van der Waals surface area (Å²) in [5.74, 6) is -3.65. The lowest BCUT2D eigenvalue weighted by Crippen LogP contribution is -2.43. The van der Waals surface area contributed by atoms with Crippen molar-refractivity contribution in [2.24, 2.45) is 11.8 Å². The van der Waals surface area contributed by atoms with Crippen LogP contribution in [0.5, 0.6) is 11.6 Å². The molecule has 5 rings (SSSR count). The summed E-state index contributed by atoms with van der Waals surface area (Å²) in [7, 11) is 0. The number of halogens is 3. The van der Waals surface area contributed by atoms with E-state index < -0.39 is 34.9 Å². The van der Waals surface area contributed by atoms with Gasteiger partial charge in [-0.25, -0.2) is 27.9 Å². The first-order valence-electron chi connectivity index (χ1n) is 11.7. The molecule has 0 amide bonds. The molecule has 2 atom stereocenters. The molecule has 1 aliphatic carbocycles. The Labute approximate surface area is 224 Å². The molecule has 0 unspecified atom stereocenters. The maximum Gasteiger partial charge on any atom is 0.354 e. The SMILES string of the molecule is O=C(O)[C@H]1C[C@@H]1Cn1c(=O)nc(Nc2ccc(Oc3ccc(F)cn3)c(F)c2)n(Cc2ccc(Cl)cc2)c1=O. The minimum atomic E-state index is -0.981. The van der Waals surface area contributed by atoms with Crippen LogP contribution in [0.25, 0.3) is 0 Å². The molecule has 0 saturated heterocycles. The number of ether oxygens (including phenoxy) is 1. The number of benzene rings is 2. The molecular weight excluding hydrogens is 536 g/mol. The molecule has 0 radical (unpaired) electrons. The lowest BCUT2D eigenvalue weighted by atomic mass is 10.2. The lowest BCUT2D eigenvalue weighted by molar-refractivity contribution is -0.138. The highest BCUT2D eigenvalue weighted by Crippen LogP contribution is 2.39. The Morgan fingerprint density at radius 2 is 1.87 bits per heavy atom. The Kier molecular flexibility index (Phi) is 7.11. The number of hydrogen-bond donors (Lipinski definition) is 2. The second-order valence-corrected chi connectivity index (χ2v) is 9.39. The van der Waals surface area contributed by atoms with Crippen LogP contribution in [0.4, 0.5) is 20.4 Å². The molecule has 0 aliphatic heterocycles. The summed E-state index contributed by atoms with van der Waals surface area (Å²) in [6, 6.07) is 12.9. The van der Waals surface area contributed by atoms with Gasteiger partial charge in [-0.2, -0.15) is 4.98 Å². The molecule has 2 heterocycles. The summed E-state index contributed by atoms with van der Waals surface area (Å²) in [6.45, 7) is -0.0842. The van der Waals surface area contributed by atoms with E-state index >= 15 is 0 Å². The Bertz CT molecular complexity index is 1660. The molecule has 1 fully saturated rings. The fourth-order valence-corrected chi connectivity index (χ4v) is 4.13. The van der Waals surface area contributed by atoms with Crippen LogP contribution in [-0.4, -0.2) is 30.2 Å². The van der Waals surface area contributed by atoms with Crippen LogP contribution in [0, 0.1) is 23.5 Å². The summed E-state index contributed by atoms with van der Waals surface area (Å²) in [6.07, 6.45) is 1.29. The predicted molar refractivity (Wildman–Crippen MR) is 136 cm³/mol. The minimum Gasteiger partial charge on any atom is -0.481 e. The van der Waals surface area contributed by atoms with Crippen molar-refractivity contribution in [2.45, 2.75) is 19.5 Å². The van der Waals surface area contributed by atoms with Crippen LogP contribution >= 0.6 is 11.6 Å². The van der Waals surface area contributed by atoms with Crippen LogP contribution < -0.4 is 21.4 Å². The fourth-order valence-electron chi connectivity index (χ4n) is 4.01. The van der Waals surface area contributed by atoms with Crippen molar-refractivity contribution in [2.75, 3.05) is 5.32 Å². The maximum absolute atomic E-state index is 14.8. The van der Waals surface area contributed by atoms with Gasteiger partial charge in [0.05, 0.1) is 18.7 Å². The Morgan fingerprint density at radius 3 is 2.51 bits per heavy atom. The normalized spacial score (nSPS) is 16.1. The van der Waals surface area contributed by atoms with Crippen molar-refractivity contribution in [3.63, 3.8) is 0 Å². The molecule has 2 N–H and O–H groups in total. The average molecular weight is 556 g/mol. The maximum atomic E-state index is 14.8. The van der Waals surface area contributed by atoms with E-state index in [1.54, 1.807) is 24.3 Å². The van der Waals surface area contributed by atoms with Crippen LogP contribution in [0.1, 0.15) is 12.0 Å². The first kappa shape index (κ1) is 26.0. The van der Waals surface area contributed by atoms with Gasteiger partial charge in [0.25, 0.3) is 0 Å². The van der Waals surface area contributed by atoms with E-state index in [4.69, 9.17) is 16.3 Å². The molecule has 10 nitrogen and oxygen atoms in total. The van der Waals surface area contributed by atoms with Gasteiger partial charge >= 0.3 is 17.3 Å². The zero-order chi connectivity index (χ0) is 27.7. The molecule has 4 aromatic rings. The van der Waals surface area contributed by atoms with E-state index in [-0.39, 0.29) is 42.3 Å². The number of pyridine rings is 1. The quantitative estimate of drug-likeness (QED) is 0.317. The zero-order valence-electron chi connectivity index (χ0n) is 20.1. The van der Waals surface area contributed by atoms with Gasteiger partial charge in [0.2, 0.25) is 11.8 Å². The van der Waals surface area contributed by atoms with Gasteiger partial charge in [0, 0.05) is 29.4 Å². The highest BCUT2D eigenvalue weighted by atomic mass is 35.5. The predicted octanol–water partition coefficient (Wildman–Crippen LogP) is 4.04. The molecule has 0 spiro atoms. The minimum absolute atomic E-state index is 0.00143. The van der Waals surface area contributed by atoms with Gasteiger partial charge in [-0.3, -0.25) is 9.36 Å². The third kappa shape index (κ3) is 5.96. The number of nitrogens with zero attached hydrogens (tertiary/aromatic N) is 4. The summed E-state index contributed by atoms with van der Waals surface area (Å²) in [5, 5.41) is 12.5. The van der Waals surface area contributed by atoms with Crippen LogP contribution in [0.2, 0.25) is 5.02 Å². The third-order valence-corrected chi connectivity index (χ3v) is 6.42. The molecule has 2 aromatic heterocycles. The second-order valence-electron chi connectivity index (χ2n) is 8.95. The van der Waals surface area contributed by atoms with E-state index in [1.807, 2.05) is 0 Å². The molecule has 1 saturated carbocycles. The van der Waals surface area contributed by atoms with Gasteiger partial charge in [-0.1, -0.05) is 23.7 Å². The largest absolute Gasteiger partial charge is 0.481 e. The first-order chi connectivity index (χ1) is 18.7. The molecule has 2 aromatic carbocycles. The Morgan fingerprint density at radius 1 is 1.10 bits per heavy atom. The van der Waals surface area contributed by atoms with E-state index in [9.17, 15) is 28.3 Å². The fraction of sp³-hybridized carbons (Fsp3) is 0.192. The van der Waals surface area contributed by atoms with Gasteiger partial charge < -0.3 is 15.2 Å². The number of anilines is 2. The number of nitrogens with one attached hydrogen (secondary N) is 1. The van der Waals surface area contributed by atoms with E-state index in [0.717, 1.165) is 22.9 Å². The van der Waals surface area contributed by atoms with Crippen molar-refractivity contribution < 1.29 is 23.4 Å². The summed E-state index contributed by atoms with van der Waals surface area (Å²) >= 11 is 5.97. The summed E-state index contributed by atoms with van der Waals surface area (Å²) in [5.41, 5.74) is -0.734. The van der Waals surface area contributed by atoms with Crippen molar-refractivity contribution >= 4 is 29.2 Å². The molecule has 200 valence electrons. The molecule has 13 heteroatoms. The molecular formula is C26H20ClF2N5O5. The van der Waals surface area contributed by atoms with Crippen molar-refractivity contribution in [3.8, 4) is 11.6 Å². The van der Waals surface area contributed by atoms with Crippen molar-refractivity contribution in [1.29, 1.82) is 0 Å². The van der Waals surface area contributed by atoms with E-state index in [0.29, 0.717) is 17.0 Å². The molecule has 0 bridgehead atoms. The number of rotatable bonds is 9. The third-order valence-electron chi connectivity index (χ3n) is 6.16. The second kappa shape index (κ2) is 10.7. The number of carbonyl (C=O) groups is 1. The zero-order valence-corrected chi connectivity index (χ0v) is 20.8. The number of aliphatic carboxylic acids is 1. The standard InChI is InChI=1S/C26H20ClF2N5O5/c27-16-3-1-14(2-4-16)12-33-24(32-25(37)34(26(33)38)13-15-9-19(15)23(35)36)31-18-6-7-21(20(29)10-18)39-22-8-5-17(28)11-30-22/h1-8,10-11,15,19H,9,12-13H2,(H,35,36)(H,31,32,37)/t15-,19+/m1/s1. The van der Waals surface area contributed by atoms with Gasteiger partial charge in [-0.05, 0) is 48.2 Å². The number of hydrogen-bond acceptors (Lipinski definition) is 7. The van der Waals surface area contributed by atoms with Crippen LogP contribution in [-0.2, 0) is 17.9 Å².